The zero-order chi connectivity index (χ0) is 12.4. The molecular weight excluding hydrogens is 208 g/mol. The van der Waals surface area contributed by atoms with E-state index in [4.69, 9.17) is 5.11 Å². The Bertz CT molecular complexity index is 314. The zero-order valence-corrected chi connectivity index (χ0v) is 9.93. The van der Waals surface area contributed by atoms with Crippen molar-refractivity contribution in [1.29, 1.82) is 0 Å². The van der Waals surface area contributed by atoms with E-state index in [9.17, 15) is 4.79 Å². The van der Waals surface area contributed by atoms with E-state index in [2.05, 4.69) is 28.6 Å². The summed E-state index contributed by atoms with van der Waals surface area (Å²) in [7, 11) is 0. The van der Waals surface area contributed by atoms with Crippen molar-refractivity contribution in [3.05, 3.63) is 18.1 Å². The Balaban J connectivity index is 0.000000487. The first kappa shape index (κ1) is 14.3. The maximum atomic E-state index is 11.0. The fraction of sp³-hybridized carbons (Fsp3) is 0.545. The Morgan fingerprint density at radius 3 is 2.44 bits per heavy atom. The number of aromatic nitrogens is 2. The van der Waals surface area contributed by atoms with Crippen LogP contribution in [0.3, 0.4) is 0 Å². The van der Waals surface area contributed by atoms with Crippen molar-refractivity contribution in [3.63, 3.8) is 0 Å². The number of unbranched alkanes of at least 4 members (excludes halogenated alkanes) is 1. The first-order valence-corrected chi connectivity index (χ1v) is 5.33. The molecule has 0 bridgehead atoms. The summed E-state index contributed by atoms with van der Waals surface area (Å²) in [6, 6.07) is 0. The van der Waals surface area contributed by atoms with Gasteiger partial charge >= 0.3 is 5.97 Å². The van der Waals surface area contributed by atoms with Gasteiger partial charge in [0, 0.05) is 6.20 Å². The molecular formula is C11H18N2O3. The van der Waals surface area contributed by atoms with Crippen LogP contribution in [0.4, 0.5) is 0 Å². The van der Waals surface area contributed by atoms with Crippen molar-refractivity contribution in [1.82, 2.24) is 9.97 Å². The summed E-state index contributed by atoms with van der Waals surface area (Å²) in [5, 5.41) is 9.06. The maximum Gasteiger partial charge on any atom is 0.345 e. The van der Waals surface area contributed by atoms with Gasteiger partial charge in [0.05, 0.1) is 6.61 Å². The Kier molecular flexibility index (Phi) is 7.75. The second-order valence-corrected chi connectivity index (χ2v) is 2.98. The molecule has 90 valence electrons. The van der Waals surface area contributed by atoms with Crippen LogP contribution in [0.1, 0.15) is 44.0 Å². The molecule has 0 radical (unpaired) electrons. The number of nitrogens with zero attached hydrogens (tertiary/aromatic N) is 2. The predicted octanol–water partition coefficient (Wildman–Crippen LogP) is 2.17. The van der Waals surface area contributed by atoms with E-state index >= 15 is 0 Å². The third-order valence-electron chi connectivity index (χ3n) is 1.69. The number of ether oxygens (including phenoxy) is 1. The number of esters is 1. The van der Waals surface area contributed by atoms with Crippen molar-refractivity contribution in [2.75, 3.05) is 6.61 Å². The summed E-state index contributed by atoms with van der Waals surface area (Å²) in [6.45, 7) is 6.30. The summed E-state index contributed by atoms with van der Waals surface area (Å²) >= 11 is 0. The van der Waals surface area contributed by atoms with Crippen LogP contribution in [0.5, 0.6) is 5.88 Å². The van der Waals surface area contributed by atoms with Crippen molar-refractivity contribution >= 4 is 5.97 Å². The molecule has 0 aliphatic rings. The molecule has 0 aliphatic carbocycles. The van der Waals surface area contributed by atoms with E-state index in [1.165, 1.54) is 19.0 Å². The van der Waals surface area contributed by atoms with Gasteiger partial charge in [0.2, 0.25) is 5.88 Å². The second kappa shape index (κ2) is 8.64. The van der Waals surface area contributed by atoms with E-state index in [-0.39, 0.29) is 18.1 Å². The normalized spacial score (nSPS) is 8.94. The third-order valence-corrected chi connectivity index (χ3v) is 1.69. The molecule has 0 unspecified atom stereocenters. The number of hydrogen-bond donors (Lipinski definition) is 1. The van der Waals surface area contributed by atoms with Crippen LogP contribution in [0.25, 0.3) is 0 Å². The smallest absolute Gasteiger partial charge is 0.345 e. The Labute approximate surface area is 95.5 Å². The fourth-order valence-corrected chi connectivity index (χ4v) is 0.676. The van der Waals surface area contributed by atoms with Crippen LogP contribution < -0.4 is 0 Å². The largest absolute Gasteiger partial charge is 0.493 e. The number of carbonyl (C=O) groups excluding carboxylic acids is 1. The molecule has 0 spiro atoms. The highest BCUT2D eigenvalue weighted by atomic mass is 16.5. The van der Waals surface area contributed by atoms with Gasteiger partial charge in [-0.2, -0.15) is 0 Å². The van der Waals surface area contributed by atoms with Gasteiger partial charge in [0.25, 0.3) is 0 Å². The van der Waals surface area contributed by atoms with E-state index in [0.717, 1.165) is 6.33 Å². The molecule has 16 heavy (non-hydrogen) atoms. The molecule has 5 nitrogen and oxygen atoms in total. The lowest BCUT2D eigenvalue weighted by molar-refractivity contribution is 0.0521. The third kappa shape index (κ3) is 5.29. The highest BCUT2D eigenvalue weighted by molar-refractivity contribution is 5.91. The lowest BCUT2D eigenvalue weighted by atomic mass is 10.3. The minimum absolute atomic E-state index is 0.0145. The van der Waals surface area contributed by atoms with E-state index in [0.29, 0.717) is 0 Å². The fourth-order valence-electron chi connectivity index (χ4n) is 0.676. The quantitative estimate of drug-likeness (QED) is 0.799. The SMILES string of the molecule is CCCC.CCOC(=O)c1cncnc1O. The highest BCUT2D eigenvalue weighted by Gasteiger charge is 2.12. The number of carbonyl (C=O) groups is 1. The van der Waals surface area contributed by atoms with Gasteiger partial charge in [-0.1, -0.05) is 26.7 Å². The molecule has 0 amide bonds. The highest BCUT2D eigenvalue weighted by Crippen LogP contribution is 2.10. The molecule has 1 N–H and O–H groups in total. The summed E-state index contributed by atoms with van der Waals surface area (Å²) in [4.78, 5) is 18.0. The summed E-state index contributed by atoms with van der Waals surface area (Å²) < 4.78 is 4.63. The van der Waals surface area contributed by atoms with Gasteiger partial charge in [0.15, 0.2) is 0 Å². The van der Waals surface area contributed by atoms with Crippen LogP contribution in [-0.4, -0.2) is 27.7 Å². The molecule has 0 saturated heterocycles. The molecule has 0 aliphatic heterocycles. The van der Waals surface area contributed by atoms with E-state index in [1.807, 2.05) is 0 Å². The van der Waals surface area contributed by atoms with Crippen molar-refractivity contribution in [3.8, 4) is 5.88 Å². The first-order chi connectivity index (χ1) is 7.67. The van der Waals surface area contributed by atoms with Crippen LogP contribution in [0, 0.1) is 0 Å². The molecule has 5 heteroatoms. The zero-order valence-electron chi connectivity index (χ0n) is 9.93. The van der Waals surface area contributed by atoms with Crippen LogP contribution in [0.2, 0.25) is 0 Å². The van der Waals surface area contributed by atoms with Crippen molar-refractivity contribution in [2.24, 2.45) is 0 Å². The lowest BCUT2D eigenvalue weighted by Crippen LogP contribution is -2.05. The van der Waals surface area contributed by atoms with Gasteiger partial charge in [-0.3, -0.25) is 0 Å². The van der Waals surface area contributed by atoms with E-state index < -0.39 is 5.97 Å². The molecule has 1 aromatic heterocycles. The topological polar surface area (TPSA) is 72.3 Å². The van der Waals surface area contributed by atoms with Gasteiger partial charge in [-0.15, -0.1) is 0 Å². The van der Waals surface area contributed by atoms with Crippen LogP contribution in [0.15, 0.2) is 12.5 Å². The number of rotatable bonds is 3. The summed E-state index contributed by atoms with van der Waals surface area (Å²) in [5.74, 6) is -0.973. The molecule has 1 heterocycles. The Morgan fingerprint density at radius 2 is 2.00 bits per heavy atom. The van der Waals surface area contributed by atoms with Gasteiger partial charge in [-0.25, -0.2) is 14.8 Å². The summed E-state index contributed by atoms with van der Waals surface area (Å²) in [5.41, 5.74) is -0.0145. The first-order valence-electron chi connectivity index (χ1n) is 5.33. The summed E-state index contributed by atoms with van der Waals surface area (Å²) in [6.07, 6.45) is 5.00. The van der Waals surface area contributed by atoms with Gasteiger partial charge in [0.1, 0.15) is 11.9 Å². The standard InChI is InChI=1S/C7H8N2O3.C4H10/c1-2-12-7(11)5-3-8-4-9-6(5)10;1-3-4-2/h3-4H,2H2,1H3,(H,8,9,10);3-4H2,1-2H3. The van der Waals surface area contributed by atoms with Gasteiger partial charge in [-0.05, 0) is 6.92 Å². The van der Waals surface area contributed by atoms with E-state index in [1.54, 1.807) is 6.92 Å². The average Bonchev–Trinajstić information content (AvgIpc) is 2.30. The molecule has 1 aromatic rings. The van der Waals surface area contributed by atoms with Crippen molar-refractivity contribution in [2.45, 2.75) is 33.6 Å². The predicted molar refractivity (Wildman–Crippen MR) is 60.2 cm³/mol. The Hall–Kier alpha value is -1.65. The van der Waals surface area contributed by atoms with Gasteiger partial charge < -0.3 is 9.84 Å². The molecule has 0 fully saturated rings. The average molecular weight is 226 g/mol. The Morgan fingerprint density at radius 1 is 1.38 bits per heavy atom. The van der Waals surface area contributed by atoms with Crippen LogP contribution in [-0.2, 0) is 4.74 Å². The molecule has 1 rings (SSSR count). The van der Waals surface area contributed by atoms with Crippen LogP contribution >= 0.6 is 0 Å². The number of aromatic hydroxyl groups is 1. The lowest BCUT2D eigenvalue weighted by Gasteiger charge is -2.00. The molecule has 0 saturated carbocycles. The minimum Gasteiger partial charge on any atom is -0.493 e. The second-order valence-electron chi connectivity index (χ2n) is 2.98. The maximum absolute atomic E-state index is 11.0. The van der Waals surface area contributed by atoms with Crippen molar-refractivity contribution < 1.29 is 14.6 Å². The molecule has 0 aromatic carbocycles. The number of hydrogen-bond acceptors (Lipinski definition) is 5. The monoisotopic (exact) mass is 226 g/mol. The molecule has 0 atom stereocenters. The minimum atomic E-state index is -0.615.